The molecule has 1 aliphatic rings. The average Bonchev–Trinajstić information content (AvgIpc) is 2.97. The topological polar surface area (TPSA) is 68.8 Å². The van der Waals surface area contributed by atoms with Gasteiger partial charge in [-0.15, -0.1) is 0 Å². The van der Waals surface area contributed by atoms with Crippen molar-refractivity contribution in [3.63, 3.8) is 0 Å². The lowest BCUT2D eigenvalue weighted by molar-refractivity contribution is -0.116. The number of benzene rings is 1. The van der Waals surface area contributed by atoms with Crippen LogP contribution >= 0.6 is 0 Å². The fraction of sp³-hybridized carbons (Fsp3) is 0.636. The molecule has 6 nitrogen and oxygen atoms in total. The molecule has 1 aliphatic heterocycles. The van der Waals surface area contributed by atoms with Crippen molar-refractivity contribution in [1.82, 2.24) is 15.5 Å². The van der Waals surface area contributed by atoms with Crippen molar-refractivity contribution in [3.05, 3.63) is 29.8 Å². The second-order valence-corrected chi connectivity index (χ2v) is 7.46. The van der Waals surface area contributed by atoms with Gasteiger partial charge in [-0.3, -0.25) is 9.79 Å². The predicted molar refractivity (Wildman–Crippen MR) is 118 cm³/mol. The largest absolute Gasteiger partial charge is 0.356 e. The van der Waals surface area contributed by atoms with E-state index in [0.29, 0.717) is 13.0 Å². The number of likely N-dealkylation sites (tertiary alicyclic amines) is 1. The number of amides is 1. The van der Waals surface area contributed by atoms with E-state index in [9.17, 15) is 4.79 Å². The molecule has 0 aromatic heterocycles. The lowest BCUT2D eigenvalue weighted by Gasteiger charge is -2.20. The number of hydrogen-bond acceptors (Lipinski definition) is 3. The summed E-state index contributed by atoms with van der Waals surface area (Å²) in [5, 5.41) is 9.67. The zero-order valence-corrected chi connectivity index (χ0v) is 17.6. The summed E-state index contributed by atoms with van der Waals surface area (Å²) in [7, 11) is 1.80. The minimum absolute atomic E-state index is 0.0677. The number of anilines is 1. The number of carbonyl (C=O) groups is 1. The molecule has 0 spiro atoms. The second kappa shape index (κ2) is 13.2. The SMILES string of the molecule is CCCC(=O)Nc1ccc(CNC(=NC)NCCCN2CCCCCC2)cc1. The molecule has 1 aromatic rings. The van der Waals surface area contributed by atoms with E-state index in [4.69, 9.17) is 0 Å². The molecular formula is C22H37N5O. The fourth-order valence-electron chi connectivity index (χ4n) is 3.43. The first kappa shape index (κ1) is 22.2. The Bertz CT molecular complexity index is 591. The van der Waals surface area contributed by atoms with Crippen LogP contribution in [0.5, 0.6) is 0 Å². The molecule has 6 heteroatoms. The van der Waals surface area contributed by atoms with Crippen LogP contribution in [-0.2, 0) is 11.3 Å². The minimum atomic E-state index is 0.0677. The van der Waals surface area contributed by atoms with Crippen molar-refractivity contribution in [2.75, 3.05) is 38.5 Å². The zero-order valence-electron chi connectivity index (χ0n) is 17.6. The Morgan fingerprint density at radius 3 is 2.43 bits per heavy atom. The third-order valence-electron chi connectivity index (χ3n) is 5.04. The highest BCUT2D eigenvalue weighted by molar-refractivity contribution is 5.90. The Kier molecular flexibility index (Phi) is 10.4. The van der Waals surface area contributed by atoms with Crippen molar-refractivity contribution < 1.29 is 4.79 Å². The predicted octanol–water partition coefficient (Wildman–Crippen LogP) is 3.36. The van der Waals surface area contributed by atoms with Crippen molar-refractivity contribution in [2.24, 2.45) is 4.99 Å². The van der Waals surface area contributed by atoms with Crippen molar-refractivity contribution in [1.29, 1.82) is 0 Å². The van der Waals surface area contributed by atoms with Crippen LogP contribution in [0.25, 0.3) is 0 Å². The number of aliphatic imine (C=N–C) groups is 1. The highest BCUT2D eigenvalue weighted by atomic mass is 16.1. The smallest absolute Gasteiger partial charge is 0.224 e. The summed E-state index contributed by atoms with van der Waals surface area (Å²) in [6.07, 6.45) is 8.01. The summed E-state index contributed by atoms with van der Waals surface area (Å²) < 4.78 is 0. The van der Waals surface area contributed by atoms with E-state index < -0.39 is 0 Å². The van der Waals surface area contributed by atoms with Gasteiger partial charge >= 0.3 is 0 Å². The Morgan fingerprint density at radius 1 is 1.07 bits per heavy atom. The first-order chi connectivity index (χ1) is 13.7. The van der Waals surface area contributed by atoms with E-state index in [1.807, 2.05) is 31.2 Å². The molecule has 1 amide bonds. The van der Waals surface area contributed by atoms with Crippen LogP contribution < -0.4 is 16.0 Å². The van der Waals surface area contributed by atoms with Gasteiger partial charge in [0.05, 0.1) is 0 Å². The van der Waals surface area contributed by atoms with Gasteiger partial charge in [-0.2, -0.15) is 0 Å². The van der Waals surface area contributed by atoms with Crippen LogP contribution in [-0.4, -0.2) is 50.0 Å². The van der Waals surface area contributed by atoms with Gasteiger partial charge in [-0.25, -0.2) is 0 Å². The molecule has 0 unspecified atom stereocenters. The lowest BCUT2D eigenvalue weighted by atomic mass is 10.2. The van der Waals surface area contributed by atoms with E-state index in [0.717, 1.165) is 43.1 Å². The van der Waals surface area contributed by atoms with Gasteiger partial charge in [-0.05, 0) is 63.0 Å². The Hall–Kier alpha value is -2.08. The van der Waals surface area contributed by atoms with E-state index in [1.54, 1.807) is 7.05 Å². The van der Waals surface area contributed by atoms with E-state index in [1.165, 1.54) is 38.8 Å². The third kappa shape index (κ3) is 8.74. The van der Waals surface area contributed by atoms with Gasteiger partial charge < -0.3 is 20.9 Å². The monoisotopic (exact) mass is 387 g/mol. The van der Waals surface area contributed by atoms with Crippen LogP contribution in [0.4, 0.5) is 5.69 Å². The van der Waals surface area contributed by atoms with Gasteiger partial charge in [0.1, 0.15) is 0 Å². The number of hydrogen-bond donors (Lipinski definition) is 3. The van der Waals surface area contributed by atoms with Crippen molar-refractivity contribution >= 4 is 17.6 Å². The molecular weight excluding hydrogens is 350 g/mol. The molecule has 156 valence electrons. The van der Waals surface area contributed by atoms with Crippen molar-refractivity contribution in [2.45, 2.75) is 58.4 Å². The molecule has 1 aromatic carbocycles. The van der Waals surface area contributed by atoms with Crippen LogP contribution in [0.3, 0.4) is 0 Å². The van der Waals surface area contributed by atoms with Crippen LogP contribution in [0.2, 0.25) is 0 Å². The maximum absolute atomic E-state index is 11.6. The Balaban J connectivity index is 1.65. The van der Waals surface area contributed by atoms with Gasteiger partial charge in [0, 0.05) is 32.2 Å². The molecule has 3 N–H and O–H groups in total. The molecule has 2 rings (SSSR count). The van der Waals surface area contributed by atoms with Gasteiger partial charge in [0.15, 0.2) is 5.96 Å². The maximum atomic E-state index is 11.6. The maximum Gasteiger partial charge on any atom is 0.224 e. The number of rotatable bonds is 9. The summed E-state index contributed by atoms with van der Waals surface area (Å²) >= 11 is 0. The van der Waals surface area contributed by atoms with E-state index >= 15 is 0 Å². The minimum Gasteiger partial charge on any atom is -0.356 e. The van der Waals surface area contributed by atoms with Gasteiger partial charge in [-0.1, -0.05) is 31.9 Å². The Labute approximate surface area is 170 Å². The highest BCUT2D eigenvalue weighted by Crippen LogP contribution is 2.11. The summed E-state index contributed by atoms with van der Waals surface area (Å²) in [6, 6.07) is 7.95. The zero-order chi connectivity index (χ0) is 20.0. The number of carbonyl (C=O) groups excluding carboxylic acids is 1. The molecule has 1 heterocycles. The lowest BCUT2D eigenvalue weighted by Crippen LogP contribution is -2.38. The number of nitrogens with one attached hydrogen (secondary N) is 3. The van der Waals surface area contributed by atoms with E-state index in [2.05, 4.69) is 25.8 Å². The molecule has 28 heavy (non-hydrogen) atoms. The second-order valence-electron chi connectivity index (χ2n) is 7.46. The standard InChI is InChI=1S/C22H37N5O/c1-3-9-21(28)26-20-12-10-19(11-13-20)18-25-22(23-2)24-14-8-17-27-15-6-4-5-7-16-27/h10-13H,3-9,14-18H2,1-2H3,(H,26,28)(H2,23,24,25). The van der Waals surface area contributed by atoms with Crippen LogP contribution in [0.15, 0.2) is 29.3 Å². The summed E-state index contributed by atoms with van der Waals surface area (Å²) in [5.41, 5.74) is 2.00. The quantitative estimate of drug-likeness (QED) is 0.345. The summed E-state index contributed by atoms with van der Waals surface area (Å²) in [5.74, 6) is 0.898. The van der Waals surface area contributed by atoms with Crippen LogP contribution in [0.1, 0.15) is 57.4 Å². The molecule has 0 aliphatic carbocycles. The number of guanidine groups is 1. The molecule has 1 saturated heterocycles. The average molecular weight is 388 g/mol. The van der Waals surface area contributed by atoms with Crippen molar-refractivity contribution in [3.8, 4) is 0 Å². The molecule has 0 radical (unpaired) electrons. The highest BCUT2D eigenvalue weighted by Gasteiger charge is 2.08. The van der Waals surface area contributed by atoms with Gasteiger partial charge in [0.2, 0.25) is 5.91 Å². The summed E-state index contributed by atoms with van der Waals surface area (Å²) in [4.78, 5) is 18.5. The molecule has 0 saturated carbocycles. The molecule has 0 atom stereocenters. The fourth-order valence-corrected chi connectivity index (χ4v) is 3.43. The molecule has 0 bridgehead atoms. The first-order valence-corrected chi connectivity index (χ1v) is 10.8. The normalized spacial score (nSPS) is 15.7. The van der Waals surface area contributed by atoms with Crippen LogP contribution in [0, 0.1) is 0 Å². The first-order valence-electron chi connectivity index (χ1n) is 10.8. The summed E-state index contributed by atoms with van der Waals surface area (Å²) in [6.45, 7) is 7.30. The Morgan fingerprint density at radius 2 is 1.79 bits per heavy atom. The molecule has 1 fully saturated rings. The van der Waals surface area contributed by atoms with Gasteiger partial charge in [0.25, 0.3) is 0 Å². The number of nitrogens with zero attached hydrogens (tertiary/aromatic N) is 2. The van der Waals surface area contributed by atoms with E-state index in [-0.39, 0.29) is 5.91 Å². The third-order valence-corrected chi connectivity index (χ3v) is 5.04.